The van der Waals surface area contributed by atoms with E-state index in [0.29, 0.717) is 18.8 Å². The monoisotopic (exact) mass is 267 g/mol. The molecule has 1 heterocycles. The third-order valence-corrected chi connectivity index (χ3v) is 2.78. The van der Waals surface area contributed by atoms with Crippen molar-refractivity contribution >= 4 is 17.5 Å². The molecule has 1 aromatic carbocycles. The average molecular weight is 267 g/mol. The molecule has 1 aromatic heterocycles. The Morgan fingerprint density at radius 1 is 1.30 bits per heavy atom. The van der Waals surface area contributed by atoms with Crippen LogP contribution >= 0.6 is 0 Å². The maximum Gasteiger partial charge on any atom is 0.335 e. The zero-order valence-electron chi connectivity index (χ0n) is 10.7. The summed E-state index contributed by atoms with van der Waals surface area (Å²) in [7, 11) is 0. The molecule has 0 atom stereocenters. The van der Waals surface area contributed by atoms with E-state index in [4.69, 9.17) is 10.4 Å². The minimum absolute atomic E-state index is 0.174. The predicted molar refractivity (Wildman–Crippen MR) is 74.9 cm³/mol. The first-order valence-electron chi connectivity index (χ1n) is 6.11. The van der Waals surface area contributed by atoms with E-state index in [0.717, 1.165) is 5.69 Å². The number of carboxylic acids is 1. The highest BCUT2D eigenvalue weighted by atomic mass is 16.4. The quantitative estimate of drug-likeness (QED) is 0.901. The Balaban J connectivity index is 2.39. The van der Waals surface area contributed by atoms with Gasteiger partial charge in [0, 0.05) is 18.4 Å². The Labute approximate surface area is 116 Å². The van der Waals surface area contributed by atoms with Gasteiger partial charge >= 0.3 is 5.97 Å². The summed E-state index contributed by atoms with van der Waals surface area (Å²) in [5, 5.41) is 17.8. The molecule has 0 aliphatic rings. The van der Waals surface area contributed by atoms with Gasteiger partial charge in [-0.25, -0.2) is 9.78 Å². The third kappa shape index (κ3) is 3.12. The van der Waals surface area contributed by atoms with Crippen LogP contribution in [-0.2, 0) is 0 Å². The number of anilines is 2. The van der Waals surface area contributed by atoms with E-state index >= 15 is 0 Å². The van der Waals surface area contributed by atoms with E-state index in [9.17, 15) is 4.79 Å². The lowest BCUT2D eigenvalue weighted by Crippen LogP contribution is -2.19. The first-order chi connectivity index (χ1) is 9.72. The van der Waals surface area contributed by atoms with Crippen molar-refractivity contribution in [3.63, 3.8) is 0 Å². The number of nitriles is 1. The summed E-state index contributed by atoms with van der Waals surface area (Å²) >= 11 is 0. The molecule has 5 heteroatoms. The number of nitrogens with zero attached hydrogens (tertiary/aromatic N) is 3. The molecule has 0 fully saturated rings. The molecule has 2 rings (SSSR count). The number of aromatic carboxylic acids is 1. The van der Waals surface area contributed by atoms with E-state index in [2.05, 4.69) is 11.1 Å². The van der Waals surface area contributed by atoms with Crippen LogP contribution in [0.15, 0.2) is 48.7 Å². The van der Waals surface area contributed by atoms with E-state index in [1.807, 2.05) is 35.2 Å². The molecule has 20 heavy (non-hydrogen) atoms. The molecule has 0 aliphatic carbocycles. The summed E-state index contributed by atoms with van der Waals surface area (Å²) in [6, 6.07) is 14.5. The van der Waals surface area contributed by atoms with Crippen molar-refractivity contribution < 1.29 is 9.90 Å². The van der Waals surface area contributed by atoms with Crippen molar-refractivity contribution in [1.29, 1.82) is 5.26 Å². The Morgan fingerprint density at radius 2 is 2.05 bits per heavy atom. The smallest absolute Gasteiger partial charge is 0.335 e. The van der Waals surface area contributed by atoms with Crippen LogP contribution in [0.1, 0.15) is 16.8 Å². The number of rotatable bonds is 5. The first-order valence-corrected chi connectivity index (χ1v) is 6.11. The average Bonchev–Trinajstić information content (AvgIpc) is 2.49. The van der Waals surface area contributed by atoms with Crippen LogP contribution in [0.25, 0.3) is 0 Å². The summed E-state index contributed by atoms with van der Waals surface area (Å²) in [6.45, 7) is 0.455. The molecule has 2 aromatic rings. The summed E-state index contributed by atoms with van der Waals surface area (Å²) in [6.07, 6.45) is 1.79. The van der Waals surface area contributed by atoms with Crippen LogP contribution in [0.3, 0.4) is 0 Å². The van der Waals surface area contributed by atoms with E-state index in [1.165, 1.54) is 18.3 Å². The van der Waals surface area contributed by atoms with Crippen LogP contribution in [0, 0.1) is 11.3 Å². The van der Waals surface area contributed by atoms with Crippen LogP contribution in [-0.4, -0.2) is 22.6 Å². The first kappa shape index (κ1) is 13.6. The SMILES string of the molecule is N#CCCN(c1ccccc1)c1cc(C(=O)O)ccn1. The molecule has 0 unspecified atom stereocenters. The fraction of sp³-hybridized carbons (Fsp3) is 0.133. The maximum absolute atomic E-state index is 11.0. The highest BCUT2D eigenvalue weighted by Gasteiger charge is 2.12. The normalized spacial score (nSPS) is 9.75. The number of hydrogen-bond acceptors (Lipinski definition) is 4. The van der Waals surface area contributed by atoms with Crippen LogP contribution in [0.2, 0.25) is 0 Å². The second kappa shape index (κ2) is 6.34. The van der Waals surface area contributed by atoms with Gasteiger partial charge in [-0.05, 0) is 24.3 Å². The van der Waals surface area contributed by atoms with Crippen molar-refractivity contribution in [3.8, 4) is 6.07 Å². The van der Waals surface area contributed by atoms with Gasteiger partial charge in [0.2, 0.25) is 0 Å². The number of hydrogen-bond donors (Lipinski definition) is 1. The maximum atomic E-state index is 11.0. The number of carboxylic acid groups (broad SMARTS) is 1. The largest absolute Gasteiger partial charge is 0.478 e. The molecular formula is C15H13N3O2. The van der Waals surface area contributed by atoms with Crippen LogP contribution in [0.5, 0.6) is 0 Å². The Kier molecular flexibility index (Phi) is 4.30. The fourth-order valence-electron chi connectivity index (χ4n) is 1.84. The second-order valence-corrected chi connectivity index (χ2v) is 4.10. The third-order valence-electron chi connectivity index (χ3n) is 2.78. The van der Waals surface area contributed by atoms with Gasteiger partial charge in [-0.1, -0.05) is 18.2 Å². The van der Waals surface area contributed by atoms with Crippen molar-refractivity contribution in [2.75, 3.05) is 11.4 Å². The van der Waals surface area contributed by atoms with Crippen molar-refractivity contribution in [2.24, 2.45) is 0 Å². The second-order valence-electron chi connectivity index (χ2n) is 4.10. The van der Waals surface area contributed by atoms with Crippen molar-refractivity contribution in [3.05, 3.63) is 54.2 Å². The number of aromatic nitrogens is 1. The van der Waals surface area contributed by atoms with Crippen molar-refractivity contribution in [2.45, 2.75) is 6.42 Å². The minimum Gasteiger partial charge on any atom is -0.478 e. The lowest BCUT2D eigenvalue weighted by molar-refractivity contribution is 0.0697. The van der Waals surface area contributed by atoms with Gasteiger partial charge in [0.1, 0.15) is 5.82 Å². The molecule has 100 valence electrons. The highest BCUT2D eigenvalue weighted by molar-refractivity contribution is 5.88. The molecule has 5 nitrogen and oxygen atoms in total. The zero-order valence-corrected chi connectivity index (χ0v) is 10.7. The van der Waals surface area contributed by atoms with Crippen LogP contribution in [0.4, 0.5) is 11.5 Å². The molecule has 0 radical (unpaired) electrons. The summed E-state index contributed by atoms with van der Waals surface area (Å²) in [5.41, 5.74) is 1.05. The number of pyridine rings is 1. The summed E-state index contributed by atoms with van der Waals surface area (Å²) in [5.74, 6) is -0.478. The number of benzene rings is 1. The Bertz CT molecular complexity index is 635. The molecule has 1 N–H and O–H groups in total. The molecule has 0 saturated heterocycles. The molecule has 0 amide bonds. The Hall–Kier alpha value is -2.87. The predicted octanol–water partition coefficient (Wildman–Crippen LogP) is 2.83. The molecule has 0 aliphatic heterocycles. The highest BCUT2D eigenvalue weighted by Crippen LogP contribution is 2.24. The lowest BCUT2D eigenvalue weighted by Gasteiger charge is -2.22. The van der Waals surface area contributed by atoms with E-state index in [1.54, 1.807) is 0 Å². The van der Waals surface area contributed by atoms with Gasteiger partial charge in [-0.15, -0.1) is 0 Å². The fourth-order valence-corrected chi connectivity index (χ4v) is 1.84. The van der Waals surface area contributed by atoms with Gasteiger partial charge in [0.25, 0.3) is 0 Å². The van der Waals surface area contributed by atoms with Gasteiger partial charge in [-0.3, -0.25) is 0 Å². The van der Waals surface area contributed by atoms with Crippen molar-refractivity contribution in [1.82, 2.24) is 4.98 Å². The topological polar surface area (TPSA) is 77.2 Å². The molecule has 0 saturated carbocycles. The summed E-state index contributed by atoms with van der Waals surface area (Å²) < 4.78 is 0. The molecule has 0 bridgehead atoms. The number of para-hydroxylation sites is 1. The van der Waals surface area contributed by atoms with E-state index in [-0.39, 0.29) is 5.56 Å². The molecule has 0 spiro atoms. The van der Waals surface area contributed by atoms with E-state index < -0.39 is 5.97 Å². The minimum atomic E-state index is -0.998. The zero-order chi connectivity index (χ0) is 14.4. The Morgan fingerprint density at radius 3 is 2.70 bits per heavy atom. The van der Waals surface area contributed by atoms with Gasteiger partial charge < -0.3 is 10.0 Å². The number of carbonyl (C=O) groups is 1. The van der Waals surface area contributed by atoms with Gasteiger partial charge in [0.05, 0.1) is 18.1 Å². The van der Waals surface area contributed by atoms with Gasteiger partial charge in [-0.2, -0.15) is 5.26 Å². The van der Waals surface area contributed by atoms with Gasteiger partial charge in [0.15, 0.2) is 0 Å². The molecular weight excluding hydrogens is 254 g/mol. The van der Waals surface area contributed by atoms with Crippen LogP contribution < -0.4 is 4.90 Å². The lowest BCUT2D eigenvalue weighted by atomic mass is 10.2. The standard InChI is InChI=1S/C15H13N3O2/c16-8-4-10-18(13-5-2-1-3-6-13)14-11-12(15(19)20)7-9-17-14/h1-3,5-7,9,11H,4,10H2,(H,19,20). The summed E-state index contributed by atoms with van der Waals surface area (Å²) in [4.78, 5) is 17.1.